The van der Waals surface area contributed by atoms with Crippen molar-refractivity contribution in [1.82, 2.24) is 10.0 Å². The fourth-order valence-corrected chi connectivity index (χ4v) is 2.48. The lowest BCUT2D eigenvalue weighted by molar-refractivity contribution is 0.328. The Bertz CT molecular complexity index is 251. The van der Waals surface area contributed by atoms with Crippen molar-refractivity contribution in [1.29, 1.82) is 0 Å². The summed E-state index contributed by atoms with van der Waals surface area (Å²) in [6.45, 7) is 5.53. The minimum Gasteiger partial charge on any atom is -0.316 e. The van der Waals surface area contributed by atoms with E-state index in [4.69, 9.17) is 0 Å². The van der Waals surface area contributed by atoms with Gasteiger partial charge in [-0.2, -0.15) is 0 Å². The summed E-state index contributed by atoms with van der Waals surface area (Å²) in [6.07, 6.45) is 0.889. The summed E-state index contributed by atoms with van der Waals surface area (Å²) in [7, 11) is -3.03. The van der Waals surface area contributed by atoms with Crippen LogP contribution in [-0.4, -0.2) is 33.3 Å². The topological polar surface area (TPSA) is 58.2 Å². The molecule has 5 heteroatoms. The summed E-state index contributed by atoms with van der Waals surface area (Å²) in [6, 6.07) is 0.117. The van der Waals surface area contributed by atoms with E-state index in [2.05, 4.69) is 17.0 Å². The second-order valence-corrected chi connectivity index (χ2v) is 5.64. The molecule has 13 heavy (non-hydrogen) atoms. The van der Waals surface area contributed by atoms with Crippen LogP contribution in [0.1, 0.15) is 20.3 Å². The first-order valence-electron chi connectivity index (χ1n) is 4.76. The number of rotatable bonds is 3. The molecule has 0 aliphatic carbocycles. The highest BCUT2D eigenvalue weighted by molar-refractivity contribution is 7.89. The maximum absolute atomic E-state index is 11.3. The quantitative estimate of drug-likeness (QED) is 0.679. The first-order valence-corrected chi connectivity index (χ1v) is 6.41. The molecular weight excluding hydrogens is 188 g/mol. The van der Waals surface area contributed by atoms with Crippen molar-refractivity contribution in [2.75, 3.05) is 18.8 Å². The Morgan fingerprint density at radius 1 is 1.54 bits per heavy atom. The molecule has 2 atom stereocenters. The lowest BCUT2D eigenvalue weighted by Gasteiger charge is -2.29. The van der Waals surface area contributed by atoms with Gasteiger partial charge in [0.05, 0.1) is 5.75 Å². The Morgan fingerprint density at radius 2 is 2.23 bits per heavy atom. The van der Waals surface area contributed by atoms with Crippen LogP contribution in [0.25, 0.3) is 0 Å². The van der Waals surface area contributed by atoms with Crippen molar-refractivity contribution in [2.24, 2.45) is 5.92 Å². The summed E-state index contributed by atoms with van der Waals surface area (Å²) < 4.78 is 25.3. The fraction of sp³-hybridized carbons (Fsp3) is 1.00. The molecule has 78 valence electrons. The van der Waals surface area contributed by atoms with Crippen molar-refractivity contribution in [3.63, 3.8) is 0 Å². The Hall–Kier alpha value is -0.130. The van der Waals surface area contributed by atoms with E-state index in [1.807, 2.05) is 0 Å². The molecule has 4 nitrogen and oxygen atoms in total. The van der Waals surface area contributed by atoms with E-state index >= 15 is 0 Å². The normalized spacial score (nSPS) is 30.3. The number of hydrogen-bond donors (Lipinski definition) is 2. The predicted molar refractivity (Wildman–Crippen MR) is 53.0 cm³/mol. The first-order chi connectivity index (χ1) is 6.05. The zero-order valence-electron chi connectivity index (χ0n) is 8.21. The molecule has 2 unspecified atom stereocenters. The Kier molecular flexibility index (Phi) is 3.70. The van der Waals surface area contributed by atoms with E-state index in [0.717, 1.165) is 19.5 Å². The molecule has 1 saturated heterocycles. The van der Waals surface area contributed by atoms with Crippen molar-refractivity contribution in [2.45, 2.75) is 26.3 Å². The Morgan fingerprint density at radius 3 is 2.77 bits per heavy atom. The number of piperidine rings is 1. The first kappa shape index (κ1) is 10.9. The maximum Gasteiger partial charge on any atom is 0.211 e. The molecule has 1 heterocycles. The van der Waals surface area contributed by atoms with Crippen LogP contribution in [0.4, 0.5) is 0 Å². The van der Waals surface area contributed by atoms with Gasteiger partial charge < -0.3 is 5.32 Å². The monoisotopic (exact) mass is 206 g/mol. The third kappa shape index (κ3) is 3.25. The standard InChI is InChI=1S/C8H18N2O2S/c1-3-13(11,12)10-8-4-5-9-6-7(8)2/h7-10H,3-6H2,1-2H3. The summed E-state index contributed by atoms with van der Waals surface area (Å²) in [4.78, 5) is 0. The summed E-state index contributed by atoms with van der Waals surface area (Å²) in [5.41, 5.74) is 0. The van der Waals surface area contributed by atoms with Gasteiger partial charge in [-0.05, 0) is 32.4 Å². The molecule has 0 radical (unpaired) electrons. The molecular formula is C8H18N2O2S. The minimum absolute atomic E-state index is 0.117. The van der Waals surface area contributed by atoms with Crippen molar-refractivity contribution < 1.29 is 8.42 Å². The van der Waals surface area contributed by atoms with Gasteiger partial charge in [0.2, 0.25) is 10.0 Å². The largest absolute Gasteiger partial charge is 0.316 e. The molecule has 0 spiro atoms. The number of nitrogens with one attached hydrogen (secondary N) is 2. The Labute approximate surface area is 80.1 Å². The van der Waals surface area contributed by atoms with E-state index in [-0.39, 0.29) is 11.8 Å². The van der Waals surface area contributed by atoms with Crippen LogP contribution < -0.4 is 10.0 Å². The molecule has 1 rings (SSSR count). The van der Waals surface area contributed by atoms with Gasteiger partial charge in [0.25, 0.3) is 0 Å². The van der Waals surface area contributed by atoms with Crippen LogP contribution in [-0.2, 0) is 10.0 Å². The second-order valence-electron chi connectivity index (χ2n) is 3.60. The fourth-order valence-electron chi connectivity index (χ4n) is 1.50. The van der Waals surface area contributed by atoms with Gasteiger partial charge in [0.15, 0.2) is 0 Å². The smallest absolute Gasteiger partial charge is 0.211 e. The van der Waals surface area contributed by atoms with Gasteiger partial charge in [-0.15, -0.1) is 0 Å². The van der Waals surface area contributed by atoms with E-state index in [9.17, 15) is 8.42 Å². The maximum atomic E-state index is 11.3. The summed E-state index contributed by atoms with van der Waals surface area (Å²) in [5.74, 6) is 0.555. The SMILES string of the molecule is CCS(=O)(=O)NC1CCNCC1C. The van der Waals surface area contributed by atoms with E-state index in [0.29, 0.717) is 5.92 Å². The molecule has 0 aromatic carbocycles. The van der Waals surface area contributed by atoms with Crippen molar-refractivity contribution in [3.05, 3.63) is 0 Å². The lowest BCUT2D eigenvalue weighted by Crippen LogP contribution is -2.48. The highest BCUT2D eigenvalue weighted by Gasteiger charge is 2.24. The summed E-state index contributed by atoms with van der Waals surface area (Å²) in [5, 5.41) is 3.23. The average molecular weight is 206 g/mol. The molecule has 0 bridgehead atoms. The molecule has 2 N–H and O–H groups in total. The highest BCUT2D eigenvalue weighted by atomic mass is 32.2. The van der Waals surface area contributed by atoms with Crippen LogP contribution in [0.5, 0.6) is 0 Å². The molecule has 0 saturated carbocycles. The average Bonchev–Trinajstić information content (AvgIpc) is 2.09. The van der Waals surface area contributed by atoms with E-state index in [1.54, 1.807) is 6.92 Å². The Balaban J connectivity index is 2.52. The van der Waals surface area contributed by atoms with E-state index < -0.39 is 10.0 Å². The third-order valence-electron chi connectivity index (χ3n) is 2.50. The molecule has 0 aromatic rings. The van der Waals surface area contributed by atoms with Gasteiger partial charge in [-0.3, -0.25) is 0 Å². The number of sulfonamides is 1. The zero-order chi connectivity index (χ0) is 9.90. The molecule has 1 aliphatic rings. The van der Waals surface area contributed by atoms with Gasteiger partial charge in [-0.25, -0.2) is 13.1 Å². The van der Waals surface area contributed by atoms with Crippen LogP contribution in [0.2, 0.25) is 0 Å². The minimum atomic E-state index is -3.03. The highest BCUT2D eigenvalue weighted by Crippen LogP contribution is 2.11. The predicted octanol–water partition coefficient (Wildman–Crippen LogP) is -0.0763. The molecule has 0 aromatic heterocycles. The molecule has 1 fully saturated rings. The summed E-state index contributed by atoms with van der Waals surface area (Å²) >= 11 is 0. The van der Waals surface area contributed by atoms with Gasteiger partial charge >= 0.3 is 0 Å². The zero-order valence-corrected chi connectivity index (χ0v) is 9.02. The van der Waals surface area contributed by atoms with Crippen LogP contribution in [0, 0.1) is 5.92 Å². The third-order valence-corrected chi connectivity index (χ3v) is 3.92. The van der Waals surface area contributed by atoms with Gasteiger partial charge in [0, 0.05) is 6.04 Å². The molecule has 0 amide bonds. The number of hydrogen-bond acceptors (Lipinski definition) is 3. The van der Waals surface area contributed by atoms with Gasteiger partial charge in [0.1, 0.15) is 0 Å². The molecule has 1 aliphatic heterocycles. The van der Waals surface area contributed by atoms with Crippen molar-refractivity contribution >= 4 is 10.0 Å². The lowest BCUT2D eigenvalue weighted by atomic mass is 9.97. The van der Waals surface area contributed by atoms with Crippen LogP contribution in [0.3, 0.4) is 0 Å². The van der Waals surface area contributed by atoms with Crippen LogP contribution >= 0.6 is 0 Å². The second kappa shape index (κ2) is 4.39. The van der Waals surface area contributed by atoms with Crippen molar-refractivity contribution in [3.8, 4) is 0 Å². The van der Waals surface area contributed by atoms with Crippen LogP contribution in [0.15, 0.2) is 0 Å². The van der Waals surface area contributed by atoms with E-state index in [1.165, 1.54) is 0 Å². The van der Waals surface area contributed by atoms with Gasteiger partial charge in [-0.1, -0.05) is 6.92 Å².